The van der Waals surface area contributed by atoms with Crippen LogP contribution in [-0.4, -0.2) is 17.9 Å². The fourth-order valence-electron chi connectivity index (χ4n) is 3.23. The summed E-state index contributed by atoms with van der Waals surface area (Å²) in [6.07, 6.45) is 6.85. The Labute approximate surface area is 140 Å². The van der Waals surface area contributed by atoms with Crippen molar-refractivity contribution in [3.05, 3.63) is 35.9 Å². The van der Waals surface area contributed by atoms with Crippen molar-refractivity contribution < 1.29 is 9.53 Å². The molecule has 0 bridgehead atoms. The highest BCUT2D eigenvalue weighted by Gasteiger charge is 2.26. The molecule has 1 aliphatic carbocycles. The van der Waals surface area contributed by atoms with Crippen molar-refractivity contribution in [2.45, 2.75) is 64.2 Å². The Morgan fingerprint density at radius 2 is 1.86 bits per heavy atom. The largest absolute Gasteiger partial charge is 0.364 e. The Morgan fingerprint density at radius 1 is 1.23 bits per heavy atom. The number of hydrogen-bond donors (Lipinski definition) is 1. The molecule has 1 saturated carbocycles. The van der Waals surface area contributed by atoms with E-state index in [1.165, 1.54) is 32.1 Å². The predicted molar refractivity (Wildman–Crippen MR) is 92.1 cm³/mol. The molecule has 0 amide bonds. The van der Waals surface area contributed by atoms with Gasteiger partial charge in [-0.05, 0) is 24.8 Å². The van der Waals surface area contributed by atoms with E-state index in [1.807, 2.05) is 30.3 Å². The quantitative estimate of drug-likeness (QED) is 0.827. The number of carbonyl (C=O) groups is 1. The number of rotatable bonds is 7. The van der Waals surface area contributed by atoms with Gasteiger partial charge in [0.25, 0.3) is 0 Å². The molecule has 2 rings (SSSR count). The summed E-state index contributed by atoms with van der Waals surface area (Å²) in [5.41, 5.74) is 7.35. The zero-order chi connectivity index (χ0) is 15.1. The highest BCUT2D eigenvalue weighted by atomic mass is 35.5. The zero-order valence-corrected chi connectivity index (χ0v) is 14.2. The molecule has 0 unspecified atom stereocenters. The molecule has 0 heterocycles. The van der Waals surface area contributed by atoms with Crippen molar-refractivity contribution in [2.24, 2.45) is 11.7 Å². The summed E-state index contributed by atoms with van der Waals surface area (Å²) in [6, 6.07) is 9.75. The minimum absolute atomic E-state index is 0. The van der Waals surface area contributed by atoms with E-state index in [-0.39, 0.29) is 24.2 Å². The van der Waals surface area contributed by atoms with Gasteiger partial charge in [0.1, 0.15) is 6.10 Å². The molecule has 0 aliphatic heterocycles. The van der Waals surface area contributed by atoms with Crippen molar-refractivity contribution in [1.29, 1.82) is 0 Å². The highest BCUT2D eigenvalue weighted by Crippen LogP contribution is 2.28. The van der Waals surface area contributed by atoms with Gasteiger partial charge in [0.2, 0.25) is 0 Å². The average molecular weight is 326 g/mol. The number of benzene rings is 1. The SMILES string of the molecule is CC(=O)[C@H](OCc1ccccc1)[C@@H](N)CC1CCCCC1.Cl. The Morgan fingerprint density at radius 3 is 2.45 bits per heavy atom. The molecule has 1 aliphatic rings. The van der Waals surface area contributed by atoms with Gasteiger partial charge >= 0.3 is 0 Å². The van der Waals surface area contributed by atoms with E-state index in [4.69, 9.17) is 10.5 Å². The minimum Gasteiger partial charge on any atom is -0.364 e. The third-order valence-electron chi connectivity index (χ3n) is 4.39. The third kappa shape index (κ3) is 6.07. The maximum atomic E-state index is 11.8. The lowest BCUT2D eigenvalue weighted by Gasteiger charge is -2.28. The van der Waals surface area contributed by atoms with Gasteiger partial charge in [0.15, 0.2) is 5.78 Å². The van der Waals surface area contributed by atoms with Gasteiger partial charge in [-0.3, -0.25) is 4.79 Å². The summed E-state index contributed by atoms with van der Waals surface area (Å²) in [4.78, 5) is 11.8. The Balaban J connectivity index is 0.00000242. The molecule has 1 aromatic rings. The second kappa shape index (κ2) is 9.98. The van der Waals surface area contributed by atoms with Gasteiger partial charge < -0.3 is 10.5 Å². The average Bonchev–Trinajstić information content (AvgIpc) is 2.49. The van der Waals surface area contributed by atoms with Crippen LogP contribution in [0.25, 0.3) is 0 Å². The first-order valence-corrected chi connectivity index (χ1v) is 8.08. The third-order valence-corrected chi connectivity index (χ3v) is 4.39. The van der Waals surface area contributed by atoms with Crippen LogP contribution in [0, 0.1) is 5.92 Å². The second-order valence-corrected chi connectivity index (χ2v) is 6.23. The first-order valence-electron chi connectivity index (χ1n) is 8.08. The highest BCUT2D eigenvalue weighted by molar-refractivity contribution is 5.85. The topological polar surface area (TPSA) is 52.3 Å². The predicted octanol–water partition coefficient (Wildman–Crippen LogP) is 3.88. The van der Waals surface area contributed by atoms with Crippen LogP contribution in [0.2, 0.25) is 0 Å². The molecule has 1 aromatic carbocycles. The molecule has 0 radical (unpaired) electrons. The Kier molecular flexibility index (Phi) is 8.69. The van der Waals surface area contributed by atoms with Crippen molar-refractivity contribution in [1.82, 2.24) is 0 Å². The molecule has 0 spiro atoms. The number of nitrogens with two attached hydrogens (primary N) is 1. The van der Waals surface area contributed by atoms with Crippen molar-refractivity contribution in [2.75, 3.05) is 0 Å². The van der Waals surface area contributed by atoms with E-state index in [0.717, 1.165) is 12.0 Å². The van der Waals surface area contributed by atoms with Gasteiger partial charge in [-0.25, -0.2) is 0 Å². The molecule has 4 heteroatoms. The molecule has 2 atom stereocenters. The van der Waals surface area contributed by atoms with Crippen molar-refractivity contribution >= 4 is 18.2 Å². The molecular formula is C18H28ClNO2. The van der Waals surface area contributed by atoms with E-state index in [9.17, 15) is 4.79 Å². The van der Waals surface area contributed by atoms with E-state index < -0.39 is 6.10 Å². The van der Waals surface area contributed by atoms with Crippen molar-refractivity contribution in [3.63, 3.8) is 0 Å². The van der Waals surface area contributed by atoms with Crippen LogP contribution in [0.15, 0.2) is 30.3 Å². The van der Waals surface area contributed by atoms with E-state index in [0.29, 0.717) is 12.5 Å². The van der Waals surface area contributed by atoms with E-state index in [2.05, 4.69) is 0 Å². The van der Waals surface area contributed by atoms with Gasteiger partial charge in [-0.1, -0.05) is 62.4 Å². The number of Topliss-reactive ketones (excluding diaryl/α,β-unsaturated/α-hetero) is 1. The molecule has 2 N–H and O–H groups in total. The lowest BCUT2D eigenvalue weighted by Crippen LogP contribution is -2.43. The van der Waals surface area contributed by atoms with Crippen LogP contribution in [0.4, 0.5) is 0 Å². The standard InChI is InChI=1S/C18H27NO2.ClH/c1-14(20)18(21-13-16-10-6-3-7-11-16)17(19)12-15-8-4-2-5-9-15;/h3,6-7,10-11,15,17-18H,2,4-5,8-9,12-13,19H2,1H3;1H/t17-,18-;/m0./s1. The van der Waals surface area contributed by atoms with Crippen LogP contribution in [0.5, 0.6) is 0 Å². The lowest BCUT2D eigenvalue weighted by atomic mass is 9.83. The minimum atomic E-state index is -0.480. The maximum Gasteiger partial charge on any atom is 0.160 e. The van der Waals surface area contributed by atoms with Crippen LogP contribution in [-0.2, 0) is 16.1 Å². The fraction of sp³-hybridized carbons (Fsp3) is 0.611. The number of carbonyl (C=O) groups excluding carboxylic acids is 1. The molecule has 0 saturated heterocycles. The second-order valence-electron chi connectivity index (χ2n) is 6.23. The zero-order valence-electron chi connectivity index (χ0n) is 13.4. The number of hydrogen-bond acceptors (Lipinski definition) is 3. The molecule has 22 heavy (non-hydrogen) atoms. The molecule has 124 valence electrons. The summed E-state index contributed by atoms with van der Waals surface area (Å²) in [5.74, 6) is 0.699. The molecular weight excluding hydrogens is 298 g/mol. The first kappa shape index (κ1) is 19.1. The van der Waals surface area contributed by atoms with Crippen molar-refractivity contribution in [3.8, 4) is 0 Å². The smallest absolute Gasteiger partial charge is 0.160 e. The Bertz CT molecular complexity index is 432. The monoisotopic (exact) mass is 325 g/mol. The van der Waals surface area contributed by atoms with Crippen LogP contribution < -0.4 is 5.73 Å². The molecule has 1 fully saturated rings. The van der Waals surface area contributed by atoms with E-state index >= 15 is 0 Å². The van der Waals surface area contributed by atoms with Crippen LogP contribution in [0.1, 0.15) is 51.0 Å². The Hall–Kier alpha value is -0.900. The summed E-state index contributed by atoms with van der Waals surface area (Å²) >= 11 is 0. The number of halogens is 1. The molecule has 3 nitrogen and oxygen atoms in total. The first-order chi connectivity index (χ1) is 10.2. The molecule has 0 aromatic heterocycles. The van der Waals surface area contributed by atoms with Gasteiger partial charge in [0, 0.05) is 6.04 Å². The summed E-state index contributed by atoms with van der Waals surface area (Å²) in [7, 11) is 0. The summed E-state index contributed by atoms with van der Waals surface area (Å²) in [5, 5.41) is 0. The maximum absolute atomic E-state index is 11.8. The number of ketones is 1. The summed E-state index contributed by atoms with van der Waals surface area (Å²) < 4.78 is 5.82. The van der Waals surface area contributed by atoms with E-state index in [1.54, 1.807) is 6.92 Å². The van der Waals surface area contributed by atoms with Gasteiger partial charge in [0.05, 0.1) is 6.61 Å². The fourth-order valence-corrected chi connectivity index (χ4v) is 3.23. The lowest BCUT2D eigenvalue weighted by molar-refractivity contribution is -0.130. The summed E-state index contributed by atoms with van der Waals surface area (Å²) in [6.45, 7) is 2.03. The van der Waals surface area contributed by atoms with Crippen LogP contribution >= 0.6 is 12.4 Å². The normalized spacial score (nSPS) is 18.3. The van der Waals surface area contributed by atoms with Gasteiger partial charge in [-0.2, -0.15) is 0 Å². The van der Waals surface area contributed by atoms with Crippen LogP contribution in [0.3, 0.4) is 0 Å². The number of ether oxygens (including phenoxy) is 1. The van der Waals surface area contributed by atoms with Gasteiger partial charge in [-0.15, -0.1) is 12.4 Å².